The SMILES string of the molecule is Cl.NC1CC2(CCN(C(=O)c3ccc(N4C(=O)CCC4=O)cc3)CC2)Oc2ccccc21. The van der Waals surface area contributed by atoms with E-state index in [1.54, 1.807) is 24.3 Å². The number of nitrogens with two attached hydrogens (primary N) is 1. The molecule has 1 spiro atoms. The molecule has 3 amide bonds. The van der Waals surface area contributed by atoms with Crippen LogP contribution in [0.2, 0.25) is 0 Å². The van der Waals surface area contributed by atoms with Gasteiger partial charge >= 0.3 is 0 Å². The van der Waals surface area contributed by atoms with E-state index in [-0.39, 0.29) is 54.6 Å². The van der Waals surface area contributed by atoms with Gasteiger partial charge in [-0.2, -0.15) is 0 Å². The van der Waals surface area contributed by atoms with Gasteiger partial charge in [-0.05, 0) is 30.3 Å². The molecule has 7 nitrogen and oxygen atoms in total. The molecule has 1 unspecified atom stereocenters. The number of likely N-dealkylation sites (tertiary alicyclic amines) is 1. The van der Waals surface area contributed by atoms with Crippen molar-refractivity contribution in [2.24, 2.45) is 5.73 Å². The van der Waals surface area contributed by atoms with Crippen molar-refractivity contribution in [3.63, 3.8) is 0 Å². The molecule has 3 heterocycles. The fraction of sp³-hybridized carbons (Fsp3) is 0.375. The van der Waals surface area contributed by atoms with Crippen LogP contribution in [0.15, 0.2) is 48.5 Å². The number of halogens is 1. The second kappa shape index (κ2) is 8.56. The van der Waals surface area contributed by atoms with Crippen molar-refractivity contribution in [1.29, 1.82) is 0 Å². The normalized spacial score (nSPS) is 21.7. The molecule has 8 heteroatoms. The topological polar surface area (TPSA) is 92.9 Å². The first kappa shape index (κ1) is 22.3. The number of amides is 3. The third-order valence-electron chi connectivity index (χ3n) is 6.62. The predicted octanol–water partition coefficient (Wildman–Crippen LogP) is 3.22. The molecule has 0 aromatic heterocycles. The molecular weight excluding hydrogens is 430 g/mol. The Labute approximate surface area is 192 Å². The van der Waals surface area contributed by atoms with Crippen molar-refractivity contribution in [2.75, 3.05) is 18.0 Å². The number of hydrogen-bond acceptors (Lipinski definition) is 5. The first-order chi connectivity index (χ1) is 15.0. The summed E-state index contributed by atoms with van der Waals surface area (Å²) in [5.74, 6) is 0.402. The van der Waals surface area contributed by atoms with E-state index in [4.69, 9.17) is 10.5 Å². The van der Waals surface area contributed by atoms with E-state index in [1.165, 1.54) is 4.90 Å². The number of nitrogens with zero attached hydrogens (tertiary/aromatic N) is 2. The van der Waals surface area contributed by atoms with Gasteiger partial charge in [-0.15, -0.1) is 12.4 Å². The van der Waals surface area contributed by atoms with E-state index >= 15 is 0 Å². The predicted molar refractivity (Wildman–Crippen MR) is 122 cm³/mol. The molecule has 0 aliphatic carbocycles. The standard InChI is InChI=1S/C24H25N3O4.ClH/c25-19-15-24(31-20-4-2-1-3-18(19)20)11-13-26(14-12-24)23(30)16-5-7-17(8-6-16)27-21(28)9-10-22(27)29;/h1-8,19H,9-15,25H2;1H. The quantitative estimate of drug-likeness (QED) is 0.702. The first-order valence-corrected chi connectivity index (χ1v) is 10.7. The molecule has 0 bridgehead atoms. The molecule has 0 saturated carbocycles. The van der Waals surface area contributed by atoms with Crippen LogP contribution in [0.25, 0.3) is 0 Å². The Bertz CT molecular complexity index is 1030. The number of anilines is 1. The maximum Gasteiger partial charge on any atom is 0.253 e. The molecule has 2 aromatic carbocycles. The fourth-order valence-electron chi connectivity index (χ4n) is 4.89. The van der Waals surface area contributed by atoms with Crippen LogP contribution in [0.1, 0.15) is 54.1 Å². The molecule has 3 aliphatic heterocycles. The minimum atomic E-state index is -0.328. The maximum atomic E-state index is 13.0. The second-order valence-corrected chi connectivity index (χ2v) is 8.60. The number of imide groups is 1. The molecule has 2 fully saturated rings. The highest BCUT2D eigenvalue weighted by atomic mass is 35.5. The number of para-hydroxylation sites is 1. The Morgan fingerprint density at radius 1 is 0.969 bits per heavy atom. The van der Waals surface area contributed by atoms with Crippen LogP contribution >= 0.6 is 12.4 Å². The van der Waals surface area contributed by atoms with Gasteiger partial charge in [0.2, 0.25) is 11.8 Å². The molecular formula is C24H26ClN3O4. The van der Waals surface area contributed by atoms with Crippen molar-refractivity contribution < 1.29 is 19.1 Å². The summed E-state index contributed by atoms with van der Waals surface area (Å²) in [6.45, 7) is 1.19. The average molecular weight is 456 g/mol. The van der Waals surface area contributed by atoms with Crippen molar-refractivity contribution in [3.05, 3.63) is 59.7 Å². The highest BCUT2D eigenvalue weighted by Crippen LogP contribution is 2.43. The smallest absolute Gasteiger partial charge is 0.253 e. The van der Waals surface area contributed by atoms with Gasteiger partial charge in [0.05, 0.1) is 5.69 Å². The van der Waals surface area contributed by atoms with Crippen LogP contribution in [0, 0.1) is 0 Å². The van der Waals surface area contributed by atoms with E-state index in [0.29, 0.717) is 24.3 Å². The summed E-state index contributed by atoms with van der Waals surface area (Å²) in [5, 5.41) is 0. The lowest BCUT2D eigenvalue weighted by atomic mass is 9.81. The van der Waals surface area contributed by atoms with Gasteiger partial charge in [0.15, 0.2) is 0 Å². The Morgan fingerprint density at radius 2 is 1.59 bits per heavy atom. The summed E-state index contributed by atoms with van der Waals surface area (Å²) in [4.78, 5) is 39.9. The number of carbonyl (C=O) groups excluding carboxylic acids is 3. The molecule has 5 rings (SSSR count). The Hall–Kier alpha value is -2.90. The van der Waals surface area contributed by atoms with Crippen molar-refractivity contribution in [2.45, 2.75) is 43.7 Å². The highest BCUT2D eigenvalue weighted by molar-refractivity contribution is 6.19. The fourth-order valence-corrected chi connectivity index (χ4v) is 4.89. The Kier molecular flexibility index (Phi) is 5.97. The zero-order valence-electron chi connectivity index (χ0n) is 17.7. The summed E-state index contributed by atoms with van der Waals surface area (Å²) < 4.78 is 6.37. The molecule has 168 valence electrons. The molecule has 3 aliphatic rings. The summed E-state index contributed by atoms with van der Waals surface area (Å²) in [5.41, 5.74) is 8.19. The van der Waals surface area contributed by atoms with Gasteiger partial charge in [0.25, 0.3) is 5.91 Å². The highest BCUT2D eigenvalue weighted by Gasteiger charge is 2.43. The van der Waals surface area contributed by atoms with E-state index < -0.39 is 0 Å². The minimum Gasteiger partial charge on any atom is -0.487 e. The van der Waals surface area contributed by atoms with Crippen molar-refractivity contribution in [1.82, 2.24) is 4.90 Å². The van der Waals surface area contributed by atoms with Gasteiger partial charge in [0, 0.05) is 62.4 Å². The van der Waals surface area contributed by atoms with Crippen LogP contribution in [0.5, 0.6) is 5.75 Å². The van der Waals surface area contributed by atoms with E-state index in [1.807, 2.05) is 29.2 Å². The lowest BCUT2D eigenvalue weighted by molar-refractivity contribution is -0.121. The van der Waals surface area contributed by atoms with Gasteiger partial charge < -0.3 is 15.4 Å². The van der Waals surface area contributed by atoms with Crippen molar-refractivity contribution in [3.8, 4) is 5.75 Å². The number of ether oxygens (including phenoxy) is 1. The van der Waals surface area contributed by atoms with Gasteiger partial charge in [-0.25, -0.2) is 0 Å². The molecule has 2 saturated heterocycles. The first-order valence-electron chi connectivity index (χ1n) is 10.7. The van der Waals surface area contributed by atoms with E-state index in [2.05, 4.69) is 0 Å². The number of rotatable bonds is 2. The largest absolute Gasteiger partial charge is 0.487 e. The van der Waals surface area contributed by atoms with Crippen LogP contribution in [0.4, 0.5) is 5.69 Å². The van der Waals surface area contributed by atoms with Crippen LogP contribution in [0.3, 0.4) is 0 Å². The number of fused-ring (bicyclic) bond motifs is 1. The second-order valence-electron chi connectivity index (χ2n) is 8.60. The molecule has 1 atom stereocenters. The summed E-state index contributed by atoms with van der Waals surface area (Å²) >= 11 is 0. The molecule has 32 heavy (non-hydrogen) atoms. The molecule has 2 aromatic rings. The summed E-state index contributed by atoms with van der Waals surface area (Å²) in [6, 6.07) is 14.5. The Morgan fingerprint density at radius 3 is 2.25 bits per heavy atom. The lowest BCUT2D eigenvalue weighted by Gasteiger charge is -2.46. The minimum absolute atomic E-state index is 0. The van der Waals surface area contributed by atoms with E-state index in [0.717, 1.165) is 30.6 Å². The third-order valence-corrected chi connectivity index (χ3v) is 6.62. The third kappa shape index (κ3) is 3.87. The van der Waals surface area contributed by atoms with Crippen molar-refractivity contribution >= 4 is 35.8 Å². The average Bonchev–Trinajstić information content (AvgIpc) is 3.12. The molecule has 2 N–H and O–H groups in total. The van der Waals surface area contributed by atoms with E-state index in [9.17, 15) is 14.4 Å². The maximum absolute atomic E-state index is 13.0. The summed E-state index contributed by atoms with van der Waals surface area (Å²) in [6.07, 6.45) is 2.69. The van der Waals surface area contributed by atoms with Gasteiger partial charge in [-0.3, -0.25) is 19.3 Å². The van der Waals surface area contributed by atoms with Gasteiger partial charge in [-0.1, -0.05) is 18.2 Å². The molecule has 0 radical (unpaired) electrons. The van der Waals surface area contributed by atoms with Crippen LogP contribution in [-0.2, 0) is 9.59 Å². The number of piperidine rings is 1. The van der Waals surface area contributed by atoms with Crippen LogP contribution in [-0.4, -0.2) is 41.3 Å². The zero-order chi connectivity index (χ0) is 21.6. The number of benzene rings is 2. The number of hydrogen-bond donors (Lipinski definition) is 1. The number of carbonyl (C=O) groups is 3. The van der Waals surface area contributed by atoms with Crippen LogP contribution < -0.4 is 15.4 Å². The van der Waals surface area contributed by atoms with Gasteiger partial charge in [0.1, 0.15) is 11.4 Å². The Balaban J connectivity index is 0.00000245. The lowest BCUT2D eigenvalue weighted by Crippen LogP contribution is -2.52. The summed E-state index contributed by atoms with van der Waals surface area (Å²) in [7, 11) is 0. The zero-order valence-corrected chi connectivity index (χ0v) is 18.5. The monoisotopic (exact) mass is 455 g/mol.